The summed E-state index contributed by atoms with van der Waals surface area (Å²) in [6, 6.07) is 42.0. The molecule has 0 aromatic heterocycles. The van der Waals surface area contributed by atoms with E-state index in [1.54, 1.807) is 36.6 Å². The number of hydrogen-bond acceptors (Lipinski definition) is 15. The van der Waals surface area contributed by atoms with Crippen molar-refractivity contribution < 1.29 is 70.5 Å². The Kier molecular flexibility index (Phi) is 28.9. The molecule has 9 amide bonds. The number of unbranched alkanes of at least 4 members (excludes halogenated alkanes) is 2. The first-order valence-electron chi connectivity index (χ1n) is 37.3. The highest BCUT2D eigenvalue weighted by Gasteiger charge is 2.52. The van der Waals surface area contributed by atoms with Gasteiger partial charge in [-0.2, -0.15) is 0 Å². The first-order chi connectivity index (χ1) is 52.3. The van der Waals surface area contributed by atoms with E-state index in [0.717, 1.165) is 58.0 Å². The fraction of sp³-hybridized carbons (Fsp3) is 0.444. The van der Waals surface area contributed by atoms with Gasteiger partial charge in [0.25, 0.3) is 0 Å². The van der Waals surface area contributed by atoms with E-state index in [-0.39, 0.29) is 132 Å². The Labute approximate surface area is 628 Å². The SMILES string of the molecule is Cc1ccccc1CCOC(=O)N1CCC(=O)N2C(CCCCN)C(=O)N(Cc3cc(F)ccc3F)C[C@H]12.Cc1ccccc1CCOC(=O)N1CCC(=O)N2C(CCCN)C(=O)N(Cc3ccccc3)C[C@H]12.NCCCCC1C(=O)N(Cc2ccccc2)C[C@@H]2N(C(=O)OCc3ccc(F)cc3)CCC(=O)N12. The summed E-state index contributed by atoms with van der Waals surface area (Å²) in [5.74, 6) is -2.63. The predicted molar refractivity (Wildman–Crippen MR) is 396 cm³/mol. The minimum atomic E-state index is -0.827. The molecule has 6 aliphatic rings. The van der Waals surface area contributed by atoms with Crippen LogP contribution < -0.4 is 17.2 Å². The number of rotatable bonds is 25. The van der Waals surface area contributed by atoms with Crippen LogP contribution in [0.15, 0.2) is 152 Å². The summed E-state index contributed by atoms with van der Waals surface area (Å²) in [5, 5.41) is 0. The van der Waals surface area contributed by atoms with Gasteiger partial charge in [-0.15, -0.1) is 0 Å². The summed E-state index contributed by atoms with van der Waals surface area (Å²) < 4.78 is 58.2. The average Bonchev–Trinajstić information content (AvgIpc) is 0.769. The third-order valence-electron chi connectivity index (χ3n) is 20.6. The number of piperazine rings is 3. The van der Waals surface area contributed by atoms with Gasteiger partial charge in [0.2, 0.25) is 35.4 Å². The number of nitrogens with two attached hydrogens (primary N) is 3. The highest BCUT2D eigenvalue weighted by atomic mass is 19.1. The number of nitrogens with zero attached hydrogens (tertiary/aromatic N) is 9. The molecule has 576 valence electrons. The quantitative estimate of drug-likeness (QED) is 0.0356. The molecule has 6 heterocycles. The fourth-order valence-corrected chi connectivity index (χ4v) is 14.8. The van der Waals surface area contributed by atoms with Gasteiger partial charge in [-0.05, 0) is 154 Å². The van der Waals surface area contributed by atoms with Gasteiger partial charge in [0.1, 0.15) is 60.7 Å². The number of amides is 9. The van der Waals surface area contributed by atoms with Gasteiger partial charge in [0, 0.05) is 76.9 Å². The van der Waals surface area contributed by atoms with E-state index in [1.165, 1.54) is 31.7 Å². The van der Waals surface area contributed by atoms with E-state index >= 15 is 0 Å². The smallest absolute Gasteiger partial charge is 0.411 e. The highest BCUT2D eigenvalue weighted by molar-refractivity contribution is 5.93. The second kappa shape index (κ2) is 38.9. The molecule has 27 heteroatoms. The molecule has 0 bridgehead atoms. The molecule has 6 aliphatic heterocycles. The van der Waals surface area contributed by atoms with Gasteiger partial charge in [-0.25, -0.2) is 27.6 Å². The van der Waals surface area contributed by atoms with Gasteiger partial charge < -0.3 is 60.8 Å². The summed E-state index contributed by atoms with van der Waals surface area (Å²) in [6.45, 7) is 7.53. The summed E-state index contributed by atoms with van der Waals surface area (Å²) in [6.07, 6.45) is 2.69. The molecule has 6 atom stereocenters. The average molecular weight is 1490 g/mol. The molecule has 3 unspecified atom stereocenters. The number of ether oxygens (including phenoxy) is 3. The molecule has 6 N–H and O–H groups in total. The lowest BCUT2D eigenvalue weighted by molar-refractivity contribution is -0.169. The maximum Gasteiger partial charge on any atom is 0.411 e. The third kappa shape index (κ3) is 20.4. The molecule has 24 nitrogen and oxygen atoms in total. The van der Waals surface area contributed by atoms with Crippen molar-refractivity contribution in [1.82, 2.24) is 44.1 Å². The van der Waals surface area contributed by atoms with Gasteiger partial charge >= 0.3 is 18.3 Å². The fourth-order valence-electron chi connectivity index (χ4n) is 14.8. The molecule has 6 aromatic rings. The van der Waals surface area contributed by atoms with Crippen LogP contribution in [0.3, 0.4) is 0 Å². The summed E-state index contributed by atoms with van der Waals surface area (Å²) in [4.78, 5) is 133. The molecular formula is C81H99F3N12O12. The summed E-state index contributed by atoms with van der Waals surface area (Å²) >= 11 is 0. The number of carbonyl (C=O) groups excluding carboxylic acids is 9. The maximum atomic E-state index is 14.4. The van der Waals surface area contributed by atoms with Crippen LogP contribution in [0.25, 0.3) is 0 Å². The summed E-state index contributed by atoms with van der Waals surface area (Å²) in [7, 11) is 0. The van der Waals surface area contributed by atoms with Crippen molar-refractivity contribution in [2.24, 2.45) is 17.2 Å². The normalized spacial score (nSPS) is 19.9. The van der Waals surface area contributed by atoms with Crippen LogP contribution in [0.4, 0.5) is 27.6 Å². The topological polar surface area (TPSA) is 289 Å². The molecule has 0 aliphatic carbocycles. The second-order valence-electron chi connectivity index (χ2n) is 27.8. The van der Waals surface area contributed by atoms with E-state index in [0.29, 0.717) is 96.1 Å². The lowest BCUT2D eigenvalue weighted by Gasteiger charge is -2.52. The Hall–Kier alpha value is -10.4. The first-order valence-corrected chi connectivity index (χ1v) is 37.3. The van der Waals surface area contributed by atoms with Gasteiger partial charge in [0.05, 0.1) is 32.8 Å². The van der Waals surface area contributed by atoms with Crippen LogP contribution >= 0.6 is 0 Å². The Bertz CT molecular complexity index is 4070. The van der Waals surface area contributed by atoms with Gasteiger partial charge in [-0.3, -0.25) is 43.5 Å². The van der Waals surface area contributed by atoms with Gasteiger partial charge in [0.15, 0.2) is 0 Å². The van der Waals surface area contributed by atoms with E-state index in [4.69, 9.17) is 31.4 Å². The number of aryl methyl sites for hydroxylation is 2. The van der Waals surface area contributed by atoms with Crippen molar-refractivity contribution in [3.8, 4) is 0 Å². The second-order valence-corrected chi connectivity index (χ2v) is 27.8. The Morgan fingerprint density at radius 2 is 0.778 bits per heavy atom. The van der Waals surface area contributed by atoms with Crippen LogP contribution in [0.2, 0.25) is 0 Å². The van der Waals surface area contributed by atoms with Crippen molar-refractivity contribution in [1.29, 1.82) is 0 Å². The number of halogens is 3. The van der Waals surface area contributed by atoms with Crippen LogP contribution in [-0.2, 0) is 82.1 Å². The minimum Gasteiger partial charge on any atom is -0.449 e. The van der Waals surface area contributed by atoms with Crippen molar-refractivity contribution in [2.45, 2.75) is 160 Å². The third-order valence-corrected chi connectivity index (χ3v) is 20.6. The molecule has 12 rings (SSSR count). The molecule has 0 radical (unpaired) electrons. The molecule has 0 saturated carbocycles. The molecule has 0 spiro atoms. The monoisotopic (exact) mass is 1490 g/mol. The van der Waals surface area contributed by atoms with Crippen molar-refractivity contribution in [3.63, 3.8) is 0 Å². The van der Waals surface area contributed by atoms with Gasteiger partial charge in [-0.1, -0.05) is 121 Å². The highest BCUT2D eigenvalue weighted by Crippen LogP contribution is 2.34. The van der Waals surface area contributed by atoms with Crippen LogP contribution in [0, 0.1) is 31.3 Å². The van der Waals surface area contributed by atoms with Crippen molar-refractivity contribution >= 4 is 53.7 Å². The molecule has 6 saturated heterocycles. The molecule has 6 fully saturated rings. The number of benzene rings is 6. The molecule has 6 aromatic carbocycles. The zero-order chi connectivity index (χ0) is 76.8. The lowest BCUT2D eigenvalue weighted by Crippen LogP contribution is -2.71. The number of hydrogen-bond donors (Lipinski definition) is 3. The molecular weight excluding hydrogens is 1390 g/mol. The Balaban J connectivity index is 0.000000173. The van der Waals surface area contributed by atoms with E-state index in [1.807, 2.05) is 123 Å². The van der Waals surface area contributed by atoms with Crippen LogP contribution in [0.5, 0.6) is 0 Å². The van der Waals surface area contributed by atoms with Crippen molar-refractivity contribution in [3.05, 3.63) is 214 Å². The van der Waals surface area contributed by atoms with E-state index in [2.05, 4.69) is 0 Å². The number of carbonyl (C=O) groups is 9. The largest absolute Gasteiger partial charge is 0.449 e. The van der Waals surface area contributed by atoms with Crippen LogP contribution in [0.1, 0.15) is 115 Å². The minimum absolute atomic E-state index is 0.0110. The van der Waals surface area contributed by atoms with E-state index < -0.39 is 66.5 Å². The predicted octanol–water partition coefficient (Wildman–Crippen LogP) is 8.90. The number of fused-ring (bicyclic) bond motifs is 3. The first kappa shape index (κ1) is 80.2. The maximum absolute atomic E-state index is 14.4. The Morgan fingerprint density at radius 3 is 1.19 bits per heavy atom. The lowest BCUT2D eigenvalue weighted by atomic mass is 9.98. The molecule has 108 heavy (non-hydrogen) atoms. The van der Waals surface area contributed by atoms with E-state index in [9.17, 15) is 56.3 Å². The van der Waals surface area contributed by atoms with Crippen molar-refractivity contribution in [2.75, 3.05) is 72.1 Å². The van der Waals surface area contributed by atoms with Crippen LogP contribution in [-0.4, -0.2) is 207 Å². The summed E-state index contributed by atoms with van der Waals surface area (Å²) in [5.41, 5.74) is 24.1. The zero-order valence-electron chi connectivity index (χ0n) is 61.5. The zero-order valence-corrected chi connectivity index (χ0v) is 61.5. The standard InChI is InChI=1S/C28H34F2N4O4.C27H34N4O4.C26H31FN4O4/c1-19-6-2-3-7-20(19)12-15-38-28(37)33-14-11-26(35)34-24(8-4-5-13-31)27(36)32(18-25(33)34)17-21-16-22(29)9-10-23(21)30;1-20-8-5-6-11-22(20)14-17-35-27(34)30-16-13-25(32)31-23(12-7-15-28)26(33)29(19-24(30)31)18-21-9-3-2-4-10-21;27-21-11-9-20(10-12-21)18-35-26(34)30-15-13-24(32)31-22(8-4-5-14-28)25(33)29(17-23(30)31)16-19-6-2-1-3-7-19/h2-3,6-7,9-10,16,24-25H,4-5,8,11-15,17-18,31H2,1H3;2-6,8-11,23-24H,7,12-19,28H2,1H3;1-3,6-7,9-12,22-23H,4-5,8,13-18,28H2/t24?,25-;23?,24-;22?,23-/m111/s1. The Morgan fingerprint density at radius 1 is 0.407 bits per heavy atom.